The summed E-state index contributed by atoms with van der Waals surface area (Å²) in [6.45, 7) is 8.80. The van der Waals surface area contributed by atoms with E-state index in [2.05, 4.69) is 6.58 Å². The summed E-state index contributed by atoms with van der Waals surface area (Å²) >= 11 is 0. The molecule has 0 radical (unpaired) electrons. The van der Waals surface area contributed by atoms with Gasteiger partial charge in [-0.05, 0) is 31.9 Å². The summed E-state index contributed by atoms with van der Waals surface area (Å²) in [6.07, 6.45) is 0. The van der Waals surface area contributed by atoms with Crippen LogP contribution in [0.4, 0.5) is 4.39 Å². The highest BCUT2D eigenvalue weighted by atomic mass is 19.1. The molecule has 1 rings (SSSR count). The third kappa shape index (κ3) is 2.41. The van der Waals surface area contributed by atoms with Gasteiger partial charge >= 0.3 is 0 Å². The zero-order valence-corrected chi connectivity index (χ0v) is 8.39. The van der Waals surface area contributed by atoms with Crippen molar-refractivity contribution in [2.24, 2.45) is 0 Å². The number of hydrogen-bond donors (Lipinski definition) is 0. The lowest BCUT2D eigenvalue weighted by Crippen LogP contribution is -2.13. The molecule has 0 nitrogen and oxygen atoms in total. The normalized spacial score (nSPS) is 11.4. The molecular formula is C12H15F. The summed E-state index contributed by atoms with van der Waals surface area (Å²) in [5, 5.41) is 0. The fourth-order valence-corrected chi connectivity index (χ4v) is 1.10. The fraction of sp³-hybridized carbons (Fsp3) is 0.333. The Balaban J connectivity index is 2.97. The van der Waals surface area contributed by atoms with Crippen LogP contribution in [0.1, 0.15) is 25.0 Å². The van der Waals surface area contributed by atoms with E-state index in [1.54, 1.807) is 0 Å². The third-order valence-electron chi connectivity index (χ3n) is 2.12. The fourth-order valence-electron chi connectivity index (χ4n) is 1.10. The lowest BCUT2D eigenvalue weighted by atomic mass is 9.94. The quantitative estimate of drug-likeness (QED) is 0.647. The van der Waals surface area contributed by atoms with Crippen molar-refractivity contribution in [1.29, 1.82) is 0 Å². The van der Waals surface area contributed by atoms with Crippen molar-refractivity contribution in [2.45, 2.75) is 26.4 Å². The third-order valence-corrected chi connectivity index (χ3v) is 2.12. The van der Waals surface area contributed by atoms with Crippen molar-refractivity contribution in [2.75, 3.05) is 0 Å². The molecule has 70 valence electrons. The van der Waals surface area contributed by atoms with Crippen molar-refractivity contribution in [3.05, 3.63) is 42.0 Å². The number of rotatable bonds is 2. The Morgan fingerprint density at radius 3 is 2.08 bits per heavy atom. The lowest BCUT2D eigenvalue weighted by Gasteiger charge is -2.17. The number of allylic oxidation sites excluding steroid dienone is 1. The van der Waals surface area contributed by atoms with Gasteiger partial charge < -0.3 is 0 Å². The molecule has 0 aliphatic heterocycles. The molecule has 0 heterocycles. The topological polar surface area (TPSA) is 0 Å². The van der Waals surface area contributed by atoms with E-state index in [1.165, 1.54) is 19.4 Å². The molecule has 1 aromatic rings. The summed E-state index contributed by atoms with van der Waals surface area (Å²) < 4.78 is 13.5. The van der Waals surface area contributed by atoms with Gasteiger partial charge in [0.1, 0.15) is 5.67 Å². The standard InChI is InChI=1S/C12H15F/c1-9-5-7-11(8-6-9)10(2)12(3,4)13/h5-8H,2H2,1,3-4H3. The van der Waals surface area contributed by atoms with E-state index in [1.807, 2.05) is 31.2 Å². The van der Waals surface area contributed by atoms with Gasteiger partial charge in [-0.15, -0.1) is 0 Å². The molecule has 1 heteroatoms. The van der Waals surface area contributed by atoms with Crippen LogP contribution < -0.4 is 0 Å². The average molecular weight is 178 g/mol. The second-order valence-electron chi connectivity index (χ2n) is 3.82. The molecule has 0 amide bonds. The Morgan fingerprint density at radius 1 is 1.23 bits per heavy atom. The van der Waals surface area contributed by atoms with Crippen molar-refractivity contribution in [1.82, 2.24) is 0 Å². The highest BCUT2D eigenvalue weighted by molar-refractivity contribution is 5.69. The molecule has 0 saturated carbocycles. The van der Waals surface area contributed by atoms with Gasteiger partial charge in [0.25, 0.3) is 0 Å². The van der Waals surface area contributed by atoms with Crippen molar-refractivity contribution < 1.29 is 4.39 Å². The number of benzene rings is 1. The van der Waals surface area contributed by atoms with E-state index in [9.17, 15) is 4.39 Å². The summed E-state index contributed by atoms with van der Waals surface area (Å²) in [5.41, 5.74) is 1.24. The lowest BCUT2D eigenvalue weighted by molar-refractivity contribution is 0.301. The maximum atomic E-state index is 13.5. The second-order valence-corrected chi connectivity index (χ2v) is 3.82. The van der Waals surface area contributed by atoms with Gasteiger partial charge in [-0.25, -0.2) is 4.39 Å². The summed E-state index contributed by atoms with van der Waals surface area (Å²) in [7, 11) is 0. The van der Waals surface area contributed by atoms with E-state index < -0.39 is 5.67 Å². The molecule has 13 heavy (non-hydrogen) atoms. The number of aryl methyl sites for hydroxylation is 1. The van der Waals surface area contributed by atoms with E-state index in [-0.39, 0.29) is 0 Å². The molecule has 0 unspecified atom stereocenters. The Kier molecular flexibility index (Phi) is 2.55. The molecule has 0 aliphatic carbocycles. The predicted molar refractivity (Wildman–Crippen MR) is 55.4 cm³/mol. The Bertz CT molecular complexity index is 301. The zero-order chi connectivity index (χ0) is 10.1. The Morgan fingerprint density at radius 2 is 1.69 bits per heavy atom. The van der Waals surface area contributed by atoms with Crippen LogP contribution in [-0.2, 0) is 0 Å². The minimum absolute atomic E-state index is 0.535. The number of halogens is 1. The van der Waals surface area contributed by atoms with Crippen LogP contribution in [0.25, 0.3) is 5.57 Å². The van der Waals surface area contributed by atoms with Crippen molar-refractivity contribution >= 4 is 5.57 Å². The van der Waals surface area contributed by atoms with Crippen molar-refractivity contribution in [3.8, 4) is 0 Å². The predicted octanol–water partition coefficient (Wildman–Crippen LogP) is 3.76. The molecule has 0 aliphatic rings. The molecule has 0 atom stereocenters. The smallest absolute Gasteiger partial charge is 0.130 e. The van der Waals surface area contributed by atoms with Crippen LogP contribution in [0.5, 0.6) is 0 Å². The van der Waals surface area contributed by atoms with Crippen LogP contribution in [0.3, 0.4) is 0 Å². The van der Waals surface area contributed by atoms with Crippen LogP contribution in [0.15, 0.2) is 30.8 Å². The first kappa shape index (κ1) is 9.97. The number of hydrogen-bond acceptors (Lipinski definition) is 0. The van der Waals surface area contributed by atoms with Crippen LogP contribution in [0, 0.1) is 6.92 Å². The van der Waals surface area contributed by atoms with Gasteiger partial charge in [0.15, 0.2) is 0 Å². The van der Waals surface area contributed by atoms with E-state index >= 15 is 0 Å². The van der Waals surface area contributed by atoms with E-state index in [4.69, 9.17) is 0 Å². The van der Waals surface area contributed by atoms with Gasteiger partial charge in [0.2, 0.25) is 0 Å². The molecule has 0 aromatic heterocycles. The van der Waals surface area contributed by atoms with Crippen LogP contribution in [-0.4, -0.2) is 5.67 Å². The van der Waals surface area contributed by atoms with Crippen LogP contribution >= 0.6 is 0 Å². The van der Waals surface area contributed by atoms with Crippen molar-refractivity contribution in [3.63, 3.8) is 0 Å². The molecule has 0 spiro atoms. The molecular weight excluding hydrogens is 163 g/mol. The van der Waals surface area contributed by atoms with Gasteiger partial charge in [0.05, 0.1) is 0 Å². The first-order valence-electron chi connectivity index (χ1n) is 4.36. The molecule has 0 N–H and O–H groups in total. The maximum absolute atomic E-state index is 13.5. The van der Waals surface area contributed by atoms with E-state index in [0.717, 1.165) is 5.56 Å². The minimum Gasteiger partial charge on any atom is -0.239 e. The van der Waals surface area contributed by atoms with Gasteiger partial charge in [-0.1, -0.05) is 36.4 Å². The minimum atomic E-state index is -1.34. The molecule has 1 aromatic carbocycles. The van der Waals surface area contributed by atoms with Gasteiger partial charge in [-0.3, -0.25) is 0 Å². The highest BCUT2D eigenvalue weighted by Crippen LogP contribution is 2.28. The molecule has 0 bridgehead atoms. The molecule has 0 fully saturated rings. The summed E-state index contributed by atoms with van der Waals surface area (Å²) in [5.74, 6) is 0. The summed E-state index contributed by atoms with van der Waals surface area (Å²) in [4.78, 5) is 0. The monoisotopic (exact) mass is 178 g/mol. The van der Waals surface area contributed by atoms with Gasteiger partial charge in [-0.2, -0.15) is 0 Å². The first-order valence-corrected chi connectivity index (χ1v) is 4.36. The van der Waals surface area contributed by atoms with Gasteiger partial charge in [0, 0.05) is 0 Å². The Labute approximate surface area is 79.1 Å². The number of alkyl halides is 1. The second kappa shape index (κ2) is 3.33. The van der Waals surface area contributed by atoms with E-state index in [0.29, 0.717) is 5.57 Å². The molecule has 0 saturated heterocycles. The largest absolute Gasteiger partial charge is 0.239 e. The SMILES string of the molecule is C=C(c1ccc(C)cc1)C(C)(C)F. The maximum Gasteiger partial charge on any atom is 0.130 e. The van der Waals surface area contributed by atoms with Crippen LogP contribution in [0.2, 0.25) is 0 Å². The average Bonchev–Trinajstić information content (AvgIpc) is 2.03. The summed E-state index contributed by atoms with van der Waals surface area (Å²) in [6, 6.07) is 7.73. The zero-order valence-electron chi connectivity index (χ0n) is 8.39. The highest BCUT2D eigenvalue weighted by Gasteiger charge is 2.20. The first-order chi connectivity index (χ1) is 5.91. The Hall–Kier alpha value is -1.11.